The van der Waals surface area contributed by atoms with Crippen molar-refractivity contribution in [1.82, 2.24) is 9.88 Å². The number of likely N-dealkylation sites (tertiary alicyclic amines) is 1. The molecule has 0 atom stereocenters. The van der Waals surface area contributed by atoms with E-state index in [-0.39, 0.29) is 0 Å². The molecule has 1 N–H and O–H groups in total. The molecular formula is C12H21N3S. The molecule has 0 amide bonds. The highest BCUT2D eigenvalue weighted by molar-refractivity contribution is 7.13. The van der Waals surface area contributed by atoms with E-state index in [1.54, 1.807) is 11.3 Å². The van der Waals surface area contributed by atoms with Gasteiger partial charge in [0.05, 0.1) is 5.69 Å². The van der Waals surface area contributed by atoms with Crippen LogP contribution in [0.1, 0.15) is 31.9 Å². The molecule has 1 fully saturated rings. The molecule has 2 rings (SSSR count). The summed E-state index contributed by atoms with van der Waals surface area (Å²) in [6.07, 6.45) is 5.03. The smallest absolute Gasteiger partial charge is 0.182 e. The van der Waals surface area contributed by atoms with Crippen LogP contribution < -0.4 is 5.32 Å². The molecule has 4 heteroatoms. The second-order valence-electron chi connectivity index (χ2n) is 4.33. The molecule has 1 saturated heterocycles. The third-order valence-corrected chi connectivity index (χ3v) is 3.89. The van der Waals surface area contributed by atoms with Crippen LogP contribution >= 0.6 is 11.3 Å². The van der Waals surface area contributed by atoms with Crippen LogP contribution in [0.15, 0.2) is 5.38 Å². The molecule has 0 aromatic carbocycles. The summed E-state index contributed by atoms with van der Waals surface area (Å²) in [5.74, 6) is 0. The summed E-state index contributed by atoms with van der Waals surface area (Å²) in [6, 6.07) is 0. The van der Waals surface area contributed by atoms with Gasteiger partial charge in [-0.25, -0.2) is 4.98 Å². The zero-order chi connectivity index (χ0) is 11.2. The maximum atomic E-state index is 4.49. The molecule has 1 aliphatic rings. The molecule has 0 bridgehead atoms. The Morgan fingerprint density at radius 2 is 2.25 bits per heavy atom. The van der Waals surface area contributed by atoms with Gasteiger partial charge in [-0.1, -0.05) is 6.92 Å². The van der Waals surface area contributed by atoms with E-state index in [0.717, 1.165) is 18.1 Å². The maximum Gasteiger partial charge on any atom is 0.182 e. The Morgan fingerprint density at radius 1 is 1.44 bits per heavy atom. The van der Waals surface area contributed by atoms with Crippen molar-refractivity contribution in [3.8, 4) is 0 Å². The van der Waals surface area contributed by atoms with Gasteiger partial charge in [0.15, 0.2) is 5.13 Å². The highest BCUT2D eigenvalue weighted by Gasteiger charge is 2.10. The lowest BCUT2D eigenvalue weighted by atomic mass is 10.4. The minimum absolute atomic E-state index is 1.03. The lowest BCUT2D eigenvalue weighted by Crippen LogP contribution is -2.22. The quantitative estimate of drug-likeness (QED) is 0.773. The number of rotatable bonds is 6. The molecular weight excluding hydrogens is 218 g/mol. The number of hydrogen-bond acceptors (Lipinski definition) is 4. The van der Waals surface area contributed by atoms with Crippen molar-refractivity contribution in [1.29, 1.82) is 0 Å². The minimum Gasteiger partial charge on any atom is -0.361 e. The highest BCUT2D eigenvalue weighted by Crippen LogP contribution is 2.15. The van der Waals surface area contributed by atoms with Crippen LogP contribution in [0.25, 0.3) is 0 Å². The second-order valence-corrected chi connectivity index (χ2v) is 5.18. The Balaban J connectivity index is 1.60. The van der Waals surface area contributed by atoms with Gasteiger partial charge in [0.25, 0.3) is 0 Å². The summed E-state index contributed by atoms with van der Waals surface area (Å²) in [4.78, 5) is 7.05. The standard InChI is InChI=1S/C12H21N3S/c1-2-11-10-16-12(14-11)13-6-5-9-15-7-3-4-8-15/h10H,2-9H2,1H3,(H,13,14). The summed E-state index contributed by atoms with van der Waals surface area (Å²) in [5, 5.41) is 6.63. The van der Waals surface area contributed by atoms with E-state index in [1.807, 2.05) is 0 Å². The van der Waals surface area contributed by atoms with Gasteiger partial charge >= 0.3 is 0 Å². The molecule has 3 nitrogen and oxygen atoms in total. The zero-order valence-electron chi connectivity index (χ0n) is 10.0. The van der Waals surface area contributed by atoms with Crippen molar-refractivity contribution < 1.29 is 0 Å². The van der Waals surface area contributed by atoms with Gasteiger partial charge in [0, 0.05) is 11.9 Å². The van der Waals surface area contributed by atoms with Crippen molar-refractivity contribution in [3.05, 3.63) is 11.1 Å². The first-order valence-corrected chi connectivity index (χ1v) is 7.17. The molecule has 1 aromatic heterocycles. The Morgan fingerprint density at radius 3 is 2.94 bits per heavy atom. The van der Waals surface area contributed by atoms with Crippen LogP contribution in [-0.4, -0.2) is 36.1 Å². The third kappa shape index (κ3) is 3.46. The summed E-state index contributed by atoms with van der Waals surface area (Å²) < 4.78 is 0. The van der Waals surface area contributed by atoms with Crippen molar-refractivity contribution in [2.75, 3.05) is 31.5 Å². The summed E-state index contributed by atoms with van der Waals surface area (Å²) in [7, 11) is 0. The molecule has 0 aliphatic carbocycles. The van der Waals surface area contributed by atoms with Crippen LogP contribution in [0.5, 0.6) is 0 Å². The number of nitrogens with one attached hydrogen (secondary N) is 1. The van der Waals surface area contributed by atoms with Gasteiger partial charge in [0.1, 0.15) is 0 Å². The largest absolute Gasteiger partial charge is 0.361 e. The third-order valence-electron chi connectivity index (χ3n) is 3.04. The van der Waals surface area contributed by atoms with Crippen molar-refractivity contribution in [3.63, 3.8) is 0 Å². The summed E-state index contributed by atoms with van der Waals surface area (Å²) in [5.41, 5.74) is 1.20. The van der Waals surface area contributed by atoms with E-state index in [0.29, 0.717) is 0 Å². The van der Waals surface area contributed by atoms with Crippen LogP contribution in [-0.2, 0) is 6.42 Å². The van der Waals surface area contributed by atoms with E-state index >= 15 is 0 Å². The molecule has 90 valence electrons. The van der Waals surface area contributed by atoms with Gasteiger partial charge < -0.3 is 10.2 Å². The van der Waals surface area contributed by atoms with Crippen molar-refractivity contribution in [2.45, 2.75) is 32.6 Å². The fourth-order valence-corrected chi connectivity index (χ4v) is 2.88. The Kier molecular flexibility index (Phi) is 4.60. The van der Waals surface area contributed by atoms with Gasteiger partial charge in [-0.2, -0.15) is 0 Å². The Labute approximate surface area is 102 Å². The number of aromatic nitrogens is 1. The van der Waals surface area contributed by atoms with E-state index < -0.39 is 0 Å². The SMILES string of the molecule is CCc1csc(NCCCN2CCCC2)n1. The van der Waals surface area contributed by atoms with Gasteiger partial charge in [-0.3, -0.25) is 0 Å². The fraction of sp³-hybridized carbons (Fsp3) is 0.750. The van der Waals surface area contributed by atoms with Crippen molar-refractivity contribution in [2.24, 2.45) is 0 Å². The van der Waals surface area contributed by atoms with Crippen LogP contribution in [0.2, 0.25) is 0 Å². The molecule has 0 radical (unpaired) electrons. The van der Waals surface area contributed by atoms with E-state index in [2.05, 4.69) is 27.5 Å². The number of thiazole rings is 1. The van der Waals surface area contributed by atoms with Crippen LogP contribution in [0.4, 0.5) is 5.13 Å². The first kappa shape index (κ1) is 11.9. The zero-order valence-corrected chi connectivity index (χ0v) is 10.9. The van der Waals surface area contributed by atoms with Crippen molar-refractivity contribution >= 4 is 16.5 Å². The number of hydrogen-bond donors (Lipinski definition) is 1. The van der Waals surface area contributed by atoms with Crippen LogP contribution in [0.3, 0.4) is 0 Å². The predicted octanol–water partition coefficient (Wildman–Crippen LogP) is 2.60. The number of aryl methyl sites for hydroxylation is 1. The van der Waals surface area contributed by atoms with Crippen LogP contribution in [0, 0.1) is 0 Å². The summed E-state index contributed by atoms with van der Waals surface area (Å²) in [6.45, 7) is 7.03. The second kappa shape index (κ2) is 6.21. The Hall–Kier alpha value is -0.610. The van der Waals surface area contributed by atoms with E-state index in [1.165, 1.54) is 44.6 Å². The average molecular weight is 239 g/mol. The monoisotopic (exact) mass is 239 g/mol. The lowest BCUT2D eigenvalue weighted by molar-refractivity contribution is 0.337. The molecule has 0 unspecified atom stereocenters. The normalized spacial score (nSPS) is 16.8. The van der Waals surface area contributed by atoms with Gasteiger partial charge in [-0.15, -0.1) is 11.3 Å². The number of anilines is 1. The first-order chi connectivity index (χ1) is 7.88. The van der Waals surface area contributed by atoms with E-state index in [4.69, 9.17) is 0 Å². The average Bonchev–Trinajstić information content (AvgIpc) is 2.95. The molecule has 1 aromatic rings. The molecule has 0 saturated carbocycles. The topological polar surface area (TPSA) is 28.2 Å². The van der Waals surface area contributed by atoms with Gasteiger partial charge in [-0.05, 0) is 45.3 Å². The predicted molar refractivity (Wildman–Crippen MR) is 70.3 cm³/mol. The molecule has 1 aliphatic heterocycles. The first-order valence-electron chi connectivity index (χ1n) is 6.29. The summed E-state index contributed by atoms with van der Waals surface area (Å²) >= 11 is 1.72. The van der Waals surface area contributed by atoms with Gasteiger partial charge in [0.2, 0.25) is 0 Å². The molecule has 16 heavy (non-hydrogen) atoms. The van der Waals surface area contributed by atoms with E-state index in [9.17, 15) is 0 Å². The highest BCUT2D eigenvalue weighted by atomic mass is 32.1. The number of nitrogens with zero attached hydrogens (tertiary/aromatic N) is 2. The maximum absolute atomic E-state index is 4.49. The fourth-order valence-electron chi connectivity index (χ4n) is 2.05. The Bertz CT molecular complexity index is 305. The minimum atomic E-state index is 1.03. The molecule has 2 heterocycles. The lowest BCUT2D eigenvalue weighted by Gasteiger charge is -2.13. The molecule has 0 spiro atoms.